The minimum absolute atomic E-state index is 0.285. The highest BCUT2D eigenvalue weighted by atomic mass is 28.3. The van der Waals surface area contributed by atoms with Crippen LogP contribution in [0.1, 0.15) is 0 Å². The lowest BCUT2D eigenvalue weighted by Crippen LogP contribution is -2.75. The van der Waals surface area contributed by atoms with Crippen molar-refractivity contribution in [3.05, 3.63) is 449 Å². The molecular formula is C102H74BN3Si3. The Morgan fingerprint density at radius 2 is 0.514 bits per heavy atom. The van der Waals surface area contributed by atoms with Crippen LogP contribution < -0.4 is 88.4 Å². The molecule has 3 heterocycles. The highest BCUT2D eigenvalue weighted by molar-refractivity contribution is 7.21. The molecule has 2 aliphatic rings. The first-order chi connectivity index (χ1) is 54.1. The van der Waals surface area contributed by atoms with Gasteiger partial charge in [0.1, 0.15) is 0 Å². The van der Waals surface area contributed by atoms with Crippen molar-refractivity contribution in [1.29, 1.82) is 0 Å². The van der Waals surface area contributed by atoms with E-state index in [0.717, 1.165) is 50.8 Å². The van der Waals surface area contributed by atoms with Gasteiger partial charge >= 0.3 is 0 Å². The van der Waals surface area contributed by atoms with Crippen LogP contribution in [0.2, 0.25) is 0 Å². The number of benzene rings is 17. The van der Waals surface area contributed by atoms with Crippen LogP contribution >= 0.6 is 0 Å². The largest absolute Gasteiger partial charge is 0.311 e. The molecule has 109 heavy (non-hydrogen) atoms. The van der Waals surface area contributed by atoms with Crippen LogP contribution in [0.5, 0.6) is 0 Å². The van der Waals surface area contributed by atoms with E-state index in [9.17, 15) is 0 Å². The molecular weight excluding hydrogens is 1360 g/mol. The van der Waals surface area contributed by atoms with Crippen molar-refractivity contribution in [3.8, 4) is 16.8 Å². The number of nitrogens with zero attached hydrogens (tertiary/aromatic N) is 3. The van der Waals surface area contributed by atoms with Crippen molar-refractivity contribution >= 4 is 165 Å². The van der Waals surface area contributed by atoms with Crippen LogP contribution in [0.15, 0.2) is 449 Å². The van der Waals surface area contributed by atoms with Gasteiger partial charge in [0, 0.05) is 44.9 Å². The van der Waals surface area contributed by atoms with Crippen molar-refractivity contribution in [1.82, 2.24) is 4.57 Å². The maximum Gasteiger partial charge on any atom is 0.252 e. The first kappa shape index (κ1) is 65.4. The molecule has 3 nitrogen and oxygen atoms in total. The Hall–Kier alpha value is -13.1. The average molecular weight is 1440 g/mol. The summed E-state index contributed by atoms with van der Waals surface area (Å²) in [4.78, 5) is 5.38. The summed E-state index contributed by atoms with van der Waals surface area (Å²) in [6.07, 6.45) is 0. The number of para-hydroxylation sites is 3. The van der Waals surface area contributed by atoms with E-state index in [2.05, 4.69) is 463 Å². The molecule has 0 amide bonds. The summed E-state index contributed by atoms with van der Waals surface area (Å²) >= 11 is 0. The van der Waals surface area contributed by atoms with Crippen molar-refractivity contribution in [3.63, 3.8) is 0 Å². The summed E-state index contributed by atoms with van der Waals surface area (Å²) in [5, 5.41) is 18.3. The van der Waals surface area contributed by atoms with Crippen molar-refractivity contribution in [2.24, 2.45) is 0 Å². The van der Waals surface area contributed by atoms with Crippen molar-refractivity contribution in [2.75, 3.05) is 9.80 Å². The van der Waals surface area contributed by atoms with Crippen LogP contribution in [0.4, 0.5) is 34.1 Å². The molecule has 0 saturated heterocycles. The molecule has 0 unspecified atom stereocenters. The van der Waals surface area contributed by atoms with E-state index in [0.29, 0.717) is 0 Å². The Bertz CT molecular complexity index is 5990. The molecule has 0 atom stereocenters. The average Bonchev–Trinajstić information content (AvgIpc) is 1.08. The number of aromatic nitrogens is 1. The van der Waals surface area contributed by atoms with Gasteiger partial charge in [-0.3, -0.25) is 0 Å². The third-order valence-electron chi connectivity index (χ3n) is 23.4. The lowest BCUT2D eigenvalue weighted by Gasteiger charge is -2.46. The summed E-state index contributed by atoms with van der Waals surface area (Å²) in [5.41, 5.74) is 16.2. The summed E-state index contributed by atoms with van der Waals surface area (Å²) in [5.74, 6) is 0. The lowest BCUT2D eigenvalue weighted by atomic mass is 9.33. The van der Waals surface area contributed by atoms with Gasteiger partial charge in [-0.05, 0) is 144 Å². The minimum Gasteiger partial charge on any atom is -0.311 e. The highest BCUT2D eigenvalue weighted by Crippen LogP contribution is 2.47. The van der Waals surface area contributed by atoms with Crippen LogP contribution in [0, 0.1) is 0 Å². The molecule has 17 aromatic carbocycles. The van der Waals surface area contributed by atoms with Gasteiger partial charge in [0.15, 0.2) is 24.2 Å². The van der Waals surface area contributed by atoms with E-state index in [4.69, 9.17) is 0 Å². The first-order valence-corrected chi connectivity index (χ1v) is 43.9. The maximum absolute atomic E-state index is 3.29. The van der Waals surface area contributed by atoms with Gasteiger partial charge in [0.05, 0.1) is 16.7 Å². The molecule has 7 heteroatoms. The first-order valence-electron chi connectivity index (χ1n) is 37.9. The van der Waals surface area contributed by atoms with E-state index in [1.165, 1.54) is 101 Å². The van der Waals surface area contributed by atoms with Gasteiger partial charge < -0.3 is 14.4 Å². The molecule has 0 bridgehead atoms. The highest BCUT2D eigenvalue weighted by Gasteiger charge is 2.50. The van der Waals surface area contributed by atoms with E-state index in [1.54, 1.807) is 0 Å². The molecule has 20 rings (SSSR count). The number of anilines is 6. The summed E-state index contributed by atoms with van der Waals surface area (Å²) in [7, 11) is -9.46. The third-order valence-corrected chi connectivity index (χ3v) is 37.8. The second-order valence-corrected chi connectivity index (χ2v) is 40.3. The number of fused-ring (bicyclic) bond motifs is 7. The molecule has 18 aromatic rings. The second kappa shape index (κ2) is 27.3. The van der Waals surface area contributed by atoms with Gasteiger partial charge in [-0.1, -0.05) is 394 Å². The maximum atomic E-state index is 2.72. The fourth-order valence-corrected chi connectivity index (χ4v) is 33.4. The van der Waals surface area contributed by atoms with E-state index in [1.807, 2.05) is 0 Å². The number of hydrogen-bond donors (Lipinski definition) is 0. The topological polar surface area (TPSA) is 11.4 Å². The van der Waals surface area contributed by atoms with Gasteiger partial charge in [0.2, 0.25) is 0 Å². The molecule has 0 aliphatic carbocycles. The fraction of sp³-hybridized carbons (Fsp3) is 0. The Morgan fingerprint density at radius 1 is 0.193 bits per heavy atom. The van der Waals surface area contributed by atoms with Crippen LogP contribution in [0.3, 0.4) is 0 Å². The lowest BCUT2D eigenvalue weighted by molar-refractivity contribution is 1.16. The minimum atomic E-state index is -3.29. The predicted octanol–water partition coefficient (Wildman–Crippen LogP) is 14.7. The molecule has 0 fully saturated rings. The van der Waals surface area contributed by atoms with E-state index >= 15 is 0 Å². The molecule has 0 spiro atoms. The molecule has 0 N–H and O–H groups in total. The third kappa shape index (κ3) is 10.4. The quantitative estimate of drug-likeness (QED) is 0.0706. The fourth-order valence-electron chi connectivity index (χ4n) is 18.9. The zero-order chi connectivity index (χ0) is 72.3. The SMILES string of the molecule is c1ccc(-c2ccc3c(c2)B2c4cc([Si](c5ccccc5)(c5ccccc5)c5ccccc5)ccc4N(c4ccc([Si](c5ccccc5)(c5ccccc5)c5ccccc5)cc4)c4cc(-n5c6ccccc6c6ccccc65)cc(c42)N3c2ccccc2[Si](c2ccccc2)(c2ccccc2)c2ccccc2)cc1. The molecule has 0 radical (unpaired) electrons. The smallest absolute Gasteiger partial charge is 0.252 e. The zero-order valence-electron chi connectivity index (χ0n) is 60.1. The Kier molecular flexibility index (Phi) is 16.4. The number of hydrogen-bond acceptors (Lipinski definition) is 2. The molecule has 1 aromatic heterocycles. The summed E-state index contributed by atoms with van der Waals surface area (Å²) in [6, 6.07) is 171. The van der Waals surface area contributed by atoms with Gasteiger partial charge in [-0.25, -0.2) is 0 Å². The Balaban J connectivity index is 0.946. The monoisotopic (exact) mass is 1440 g/mol. The molecule has 2 aliphatic heterocycles. The standard InChI is InChI=1S/C102H74BN3Si3/c1-11-37-75(38-12-1)76-63-69-97-92(71-76)103-93-74-89(108(82-45-19-5-20-46-82,83-47-21-6-22-48-83)84-49-23-7-24-50-84)68-70-96(93)104(77-64-66-88(67-65-77)107(79-39-13-2-14-40-79,80-41-15-3-16-42-80)81-43-17-4-18-44-81)99-72-78(105-94-59-33-31-57-90(94)91-58-32-34-60-95(91)105)73-100(102(99)103)106(97)98-61-35-36-62-101(98)109(85-51-25-8-26-52-85,86-53-27-9-28-54-86)87-55-29-10-30-56-87/h1-74H. The van der Waals surface area contributed by atoms with Crippen molar-refractivity contribution < 1.29 is 0 Å². The summed E-state index contributed by atoms with van der Waals surface area (Å²) < 4.78 is 2.55. The second-order valence-electron chi connectivity index (χ2n) is 28.9. The van der Waals surface area contributed by atoms with Crippen LogP contribution in [-0.4, -0.2) is 35.5 Å². The van der Waals surface area contributed by atoms with Crippen molar-refractivity contribution in [2.45, 2.75) is 0 Å². The predicted molar refractivity (Wildman–Crippen MR) is 471 cm³/mol. The normalized spacial score (nSPS) is 12.5. The Morgan fingerprint density at radius 3 is 0.954 bits per heavy atom. The zero-order valence-corrected chi connectivity index (χ0v) is 63.1. The van der Waals surface area contributed by atoms with Crippen LogP contribution in [0.25, 0.3) is 38.6 Å². The number of rotatable bonds is 16. The Labute approximate surface area is 641 Å². The van der Waals surface area contributed by atoms with Crippen LogP contribution in [-0.2, 0) is 0 Å². The molecule has 512 valence electrons. The molecule has 0 saturated carbocycles. The van der Waals surface area contributed by atoms with Gasteiger partial charge in [0.25, 0.3) is 6.71 Å². The van der Waals surface area contributed by atoms with Gasteiger partial charge in [-0.2, -0.15) is 0 Å². The summed E-state index contributed by atoms with van der Waals surface area (Å²) in [6.45, 7) is -0.285. The van der Waals surface area contributed by atoms with Gasteiger partial charge in [-0.15, -0.1) is 0 Å². The van der Waals surface area contributed by atoms with E-state index < -0.39 is 24.2 Å². The van der Waals surface area contributed by atoms with E-state index in [-0.39, 0.29) is 6.71 Å².